The van der Waals surface area contributed by atoms with Gasteiger partial charge in [-0.15, -0.1) is 0 Å². The molecule has 3 amide bonds. The Hall–Kier alpha value is -3.27. The smallest absolute Gasteiger partial charge is 0.416 e. The highest BCUT2D eigenvalue weighted by atomic mass is 19.4. The lowest BCUT2D eigenvalue weighted by atomic mass is 9.88. The number of carbonyl (C=O) groups is 2. The first-order valence-corrected chi connectivity index (χ1v) is 11.5. The number of carbonyl (C=O) groups excluding carboxylic acids is 2. The SMILES string of the molecule is COc1ccc([C@H]2C[C@H](NC(=O)Nc3cccc(C(F)(F)F)c3)C[C@@H]2C(=O)N2CCOCC2)cc1. The average molecular weight is 492 g/mol. The van der Waals surface area contributed by atoms with Gasteiger partial charge in [-0.1, -0.05) is 18.2 Å². The van der Waals surface area contributed by atoms with Gasteiger partial charge in [0.05, 0.1) is 25.9 Å². The van der Waals surface area contributed by atoms with Gasteiger partial charge in [0.1, 0.15) is 5.75 Å². The summed E-state index contributed by atoms with van der Waals surface area (Å²) in [5.74, 6) is 0.283. The predicted octanol–water partition coefficient (Wildman–Crippen LogP) is 4.26. The number of nitrogens with zero attached hydrogens (tertiary/aromatic N) is 1. The average Bonchev–Trinajstić information content (AvgIpc) is 3.27. The molecule has 2 aliphatic rings. The fraction of sp³-hybridized carbons (Fsp3) is 0.440. The zero-order chi connectivity index (χ0) is 25.0. The normalized spacial score (nSPS) is 22.5. The van der Waals surface area contributed by atoms with Gasteiger partial charge in [0, 0.05) is 30.7 Å². The molecule has 1 heterocycles. The lowest BCUT2D eigenvalue weighted by Gasteiger charge is -2.31. The number of morpholine rings is 1. The van der Waals surface area contributed by atoms with Gasteiger partial charge in [-0.05, 0) is 54.7 Å². The molecule has 2 aromatic rings. The van der Waals surface area contributed by atoms with Crippen LogP contribution in [0.25, 0.3) is 0 Å². The van der Waals surface area contributed by atoms with E-state index in [-0.39, 0.29) is 29.5 Å². The lowest BCUT2D eigenvalue weighted by Crippen LogP contribution is -2.44. The van der Waals surface area contributed by atoms with E-state index >= 15 is 0 Å². The molecule has 7 nitrogen and oxygen atoms in total. The summed E-state index contributed by atoms with van der Waals surface area (Å²) >= 11 is 0. The van der Waals surface area contributed by atoms with Crippen LogP contribution in [0.4, 0.5) is 23.7 Å². The summed E-state index contributed by atoms with van der Waals surface area (Å²) in [6.07, 6.45) is -3.54. The van der Waals surface area contributed by atoms with Gasteiger partial charge in [-0.2, -0.15) is 13.2 Å². The second-order valence-corrected chi connectivity index (χ2v) is 8.77. The van der Waals surface area contributed by atoms with E-state index in [9.17, 15) is 22.8 Å². The number of hydrogen-bond donors (Lipinski definition) is 2. The predicted molar refractivity (Wildman–Crippen MR) is 123 cm³/mol. The Morgan fingerprint density at radius 2 is 1.77 bits per heavy atom. The molecule has 0 aromatic heterocycles. The number of urea groups is 1. The molecule has 1 saturated carbocycles. The molecule has 2 fully saturated rings. The van der Waals surface area contributed by atoms with Crippen molar-refractivity contribution < 1.29 is 32.2 Å². The molecule has 4 rings (SSSR count). The van der Waals surface area contributed by atoms with Crippen molar-refractivity contribution in [3.8, 4) is 5.75 Å². The van der Waals surface area contributed by atoms with Gasteiger partial charge in [0.25, 0.3) is 0 Å². The van der Waals surface area contributed by atoms with Crippen LogP contribution >= 0.6 is 0 Å². The van der Waals surface area contributed by atoms with Crippen LogP contribution in [0, 0.1) is 5.92 Å². The molecule has 1 aliphatic heterocycles. The van der Waals surface area contributed by atoms with E-state index in [0.29, 0.717) is 44.9 Å². The molecule has 0 unspecified atom stereocenters. The number of anilines is 1. The third kappa shape index (κ3) is 6.05. The molecule has 35 heavy (non-hydrogen) atoms. The van der Waals surface area contributed by atoms with Crippen molar-refractivity contribution in [3.05, 3.63) is 59.7 Å². The van der Waals surface area contributed by atoms with Crippen molar-refractivity contribution in [2.24, 2.45) is 5.92 Å². The molecule has 0 bridgehead atoms. The third-order valence-electron chi connectivity index (χ3n) is 6.53. The fourth-order valence-corrected chi connectivity index (χ4v) is 4.79. The number of methoxy groups -OCH3 is 1. The molecule has 0 spiro atoms. The Balaban J connectivity index is 1.47. The highest BCUT2D eigenvalue weighted by molar-refractivity contribution is 5.89. The first kappa shape index (κ1) is 24.8. The van der Waals surface area contributed by atoms with E-state index in [2.05, 4.69) is 10.6 Å². The molecule has 10 heteroatoms. The van der Waals surface area contributed by atoms with Gasteiger partial charge < -0.3 is 25.0 Å². The summed E-state index contributed by atoms with van der Waals surface area (Å²) < 4.78 is 49.5. The quantitative estimate of drug-likeness (QED) is 0.655. The Morgan fingerprint density at radius 3 is 2.43 bits per heavy atom. The number of ether oxygens (including phenoxy) is 2. The van der Waals surface area contributed by atoms with E-state index in [1.54, 1.807) is 12.0 Å². The fourth-order valence-electron chi connectivity index (χ4n) is 4.79. The number of hydrogen-bond acceptors (Lipinski definition) is 4. The van der Waals surface area contributed by atoms with Gasteiger partial charge in [0.2, 0.25) is 5.91 Å². The second-order valence-electron chi connectivity index (χ2n) is 8.77. The summed E-state index contributed by atoms with van der Waals surface area (Å²) in [6.45, 7) is 2.04. The summed E-state index contributed by atoms with van der Waals surface area (Å²) in [5, 5.41) is 5.32. The summed E-state index contributed by atoms with van der Waals surface area (Å²) in [4.78, 5) is 27.8. The highest BCUT2D eigenvalue weighted by Gasteiger charge is 2.42. The number of rotatable bonds is 5. The number of benzene rings is 2. The third-order valence-corrected chi connectivity index (χ3v) is 6.53. The summed E-state index contributed by atoms with van der Waals surface area (Å²) in [7, 11) is 1.58. The van der Waals surface area contributed by atoms with Gasteiger partial charge in [-0.25, -0.2) is 4.79 Å². The zero-order valence-corrected chi connectivity index (χ0v) is 19.3. The monoisotopic (exact) mass is 491 g/mol. The van der Waals surface area contributed by atoms with Crippen molar-refractivity contribution in [2.75, 3.05) is 38.7 Å². The molecule has 188 valence electrons. The first-order chi connectivity index (χ1) is 16.7. The van der Waals surface area contributed by atoms with Crippen molar-refractivity contribution in [2.45, 2.75) is 31.0 Å². The van der Waals surface area contributed by atoms with E-state index in [1.165, 1.54) is 12.1 Å². The van der Waals surface area contributed by atoms with E-state index in [0.717, 1.165) is 17.7 Å². The maximum Gasteiger partial charge on any atom is 0.416 e. The number of alkyl halides is 3. The van der Waals surface area contributed by atoms with Crippen LogP contribution in [0.1, 0.15) is 29.9 Å². The molecular weight excluding hydrogens is 463 g/mol. The maximum absolute atomic E-state index is 13.4. The van der Waals surface area contributed by atoms with Crippen LogP contribution in [-0.4, -0.2) is 56.3 Å². The van der Waals surface area contributed by atoms with Crippen LogP contribution in [0.3, 0.4) is 0 Å². The minimum Gasteiger partial charge on any atom is -0.497 e. The second kappa shape index (κ2) is 10.6. The molecule has 1 saturated heterocycles. The molecule has 2 N–H and O–H groups in total. The van der Waals surface area contributed by atoms with Crippen LogP contribution in [0.15, 0.2) is 48.5 Å². The molecule has 2 aromatic carbocycles. The lowest BCUT2D eigenvalue weighted by molar-refractivity contribution is -0.140. The topological polar surface area (TPSA) is 79.9 Å². The zero-order valence-electron chi connectivity index (χ0n) is 19.3. The van der Waals surface area contributed by atoms with Gasteiger partial charge >= 0.3 is 12.2 Å². The molecule has 0 radical (unpaired) electrons. The Bertz CT molecular complexity index is 1040. The maximum atomic E-state index is 13.4. The summed E-state index contributed by atoms with van der Waals surface area (Å²) in [6, 6.07) is 11.1. The first-order valence-electron chi connectivity index (χ1n) is 11.5. The molecule has 1 aliphatic carbocycles. The van der Waals surface area contributed by atoms with Crippen molar-refractivity contribution in [3.63, 3.8) is 0 Å². The Kier molecular flexibility index (Phi) is 7.49. The van der Waals surface area contributed by atoms with Crippen molar-refractivity contribution in [1.29, 1.82) is 0 Å². The Labute approximate surface area is 201 Å². The standard InChI is InChI=1S/C25H28F3N3O4/c1-34-20-7-5-16(6-8-20)21-14-19(15-22(21)23(32)31-9-11-35-12-10-31)30-24(33)29-18-4-2-3-17(13-18)25(26,27)28/h2-8,13,19,21-22H,9-12,14-15H2,1H3,(H2,29,30,33)/t19-,21+,22-/m0/s1. The van der Waals surface area contributed by atoms with E-state index < -0.39 is 17.8 Å². The molecular formula is C25H28F3N3O4. The number of amides is 3. The van der Waals surface area contributed by atoms with Gasteiger partial charge in [0.15, 0.2) is 0 Å². The Morgan fingerprint density at radius 1 is 1.06 bits per heavy atom. The van der Waals surface area contributed by atoms with E-state index in [4.69, 9.17) is 9.47 Å². The van der Waals surface area contributed by atoms with Crippen molar-refractivity contribution in [1.82, 2.24) is 10.2 Å². The van der Waals surface area contributed by atoms with Crippen LogP contribution in [0.5, 0.6) is 5.75 Å². The van der Waals surface area contributed by atoms with Crippen LogP contribution in [-0.2, 0) is 15.7 Å². The minimum absolute atomic E-state index is 0.0247. The van der Waals surface area contributed by atoms with E-state index in [1.807, 2.05) is 24.3 Å². The summed E-state index contributed by atoms with van der Waals surface area (Å²) in [5.41, 5.74) is 0.176. The minimum atomic E-state index is -4.50. The van der Waals surface area contributed by atoms with Crippen molar-refractivity contribution >= 4 is 17.6 Å². The van der Waals surface area contributed by atoms with Crippen LogP contribution in [0.2, 0.25) is 0 Å². The van der Waals surface area contributed by atoms with Crippen LogP contribution < -0.4 is 15.4 Å². The molecule has 3 atom stereocenters. The highest BCUT2D eigenvalue weighted by Crippen LogP contribution is 2.41. The number of halogens is 3. The number of nitrogens with one attached hydrogen (secondary N) is 2. The van der Waals surface area contributed by atoms with Gasteiger partial charge in [-0.3, -0.25) is 4.79 Å². The largest absolute Gasteiger partial charge is 0.497 e.